The number of benzene rings is 1. The fourth-order valence-corrected chi connectivity index (χ4v) is 3.05. The van der Waals surface area contributed by atoms with E-state index in [1.54, 1.807) is 0 Å². The van der Waals surface area contributed by atoms with E-state index in [9.17, 15) is 4.79 Å². The molecule has 1 aromatic rings. The van der Waals surface area contributed by atoms with Gasteiger partial charge in [-0.25, -0.2) is 0 Å². The average molecular weight is 247 g/mol. The van der Waals surface area contributed by atoms with E-state index in [4.69, 9.17) is 5.73 Å². The van der Waals surface area contributed by atoms with Gasteiger partial charge in [-0.2, -0.15) is 0 Å². The van der Waals surface area contributed by atoms with Crippen LogP contribution in [0.25, 0.3) is 0 Å². The number of rotatable bonds is 5. The Hall–Kier alpha value is -1.19. The molecule has 0 bridgehead atoms. The molecule has 1 aromatic carbocycles. The third kappa shape index (κ3) is 3.40. The maximum Gasteiger partial charge on any atom is 0.142 e. The number of hydrogen-bond acceptors (Lipinski definition) is 2. The van der Waals surface area contributed by atoms with E-state index in [-0.39, 0.29) is 6.04 Å². The first-order valence-corrected chi connectivity index (χ1v) is 6.84. The molecule has 3 heteroatoms. The van der Waals surface area contributed by atoms with Crippen molar-refractivity contribution in [3.05, 3.63) is 35.9 Å². The summed E-state index contributed by atoms with van der Waals surface area (Å²) in [5, 5.41) is 0. The Labute approximate surface area is 109 Å². The molecule has 18 heavy (non-hydrogen) atoms. The van der Waals surface area contributed by atoms with Gasteiger partial charge in [-0.15, -0.1) is 0 Å². The molecule has 1 heterocycles. The summed E-state index contributed by atoms with van der Waals surface area (Å²) in [6, 6.07) is 10.2. The number of hydrogen-bond donors (Lipinski definition) is 1. The van der Waals surface area contributed by atoms with Crippen LogP contribution in [0.1, 0.15) is 24.8 Å². The molecule has 1 atom stereocenters. The first-order valence-electron chi connectivity index (χ1n) is 6.84. The Kier molecular flexibility index (Phi) is 4.50. The molecular formula is C15H23N2O+. The van der Waals surface area contributed by atoms with Crippen LogP contribution in [-0.4, -0.2) is 36.4 Å². The summed E-state index contributed by atoms with van der Waals surface area (Å²) in [6.07, 6.45) is 4.70. The molecule has 2 rings (SSSR count). The summed E-state index contributed by atoms with van der Waals surface area (Å²) in [5.41, 5.74) is 7.20. The minimum atomic E-state index is -0.327. The fourth-order valence-electron chi connectivity index (χ4n) is 3.05. The minimum Gasteiger partial charge on any atom is -0.318 e. The lowest BCUT2D eigenvalue weighted by Crippen LogP contribution is -2.56. The van der Waals surface area contributed by atoms with Crippen LogP contribution < -0.4 is 5.73 Å². The molecular weight excluding hydrogens is 224 g/mol. The topological polar surface area (TPSA) is 43.1 Å². The molecule has 1 saturated heterocycles. The SMILES string of the molecule is N[C@H](C=O)C[N+]1(Cc2ccccc2)CCCCC1. The van der Waals surface area contributed by atoms with Gasteiger partial charge in [-0.05, 0) is 19.3 Å². The highest BCUT2D eigenvalue weighted by atomic mass is 16.1. The van der Waals surface area contributed by atoms with Crippen molar-refractivity contribution in [3.63, 3.8) is 0 Å². The number of carbonyl (C=O) groups is 1. The third-order valence-corrected chi connectivity index (χ3v) is 3.90. The lowest BCUT2D eigenvalue weighted by Gasteiger charge is -2.42. The van der Waals surface area contributed by atoms with Gasteiger partial charge >= 0.3 is 0 Å². The second-order valence-corrected chi connectivity index (χ2v) is 5.48. The zero-order valence-electron chi connectivity index (χ0n) is 10.9. The van der Waals surface area contributed by atoms with Crippen molar-refractivity contribution in [2.45, 2.75) is 31.8 Å². The van der Waals surface area contributed by atoms with E-state index in [1.165, 1.54) is 24.8 Å². The van der Waals surface area contributed by atoms with Gasteiger partial charge < -0.3 is 15.0 Å². The smallest absolute Gasteiger partial charge is 0.142 e. The molecule has 0 aromatic heterocycles. The zero-order valence-corrected chi connectivity index (χ0v) is 10.9. The van der Waals surface area contributed by atoms with Gasteiger partial charge in [0.15, 0.2) is 0 Å². The second-order valence-electron chi connectivity index (χ2n) is 5.48. The highest BCUT2D eigenvalue weighted by Crippen LogP contribution is 2.23. The van der Waals surface area contributed by atoms with Gasteiger partial charge in [0.25, 0.3) is 0 Å². The lowest BCUT2D eigenvalue weighted by atomic mass is 10.0. The minimum absolute atomic E-state index is 0.327. The van der Waals surface area contributed by atoms with Gasteiger partial charge in [0.05, 0.1) is 13.1 Å². The van der Waals surface area contributed by atoms with Gasteiger partial charge in [-0.3, -0.25) is 0 Å². The van der Waals surface area contributed by atoms with E-state index in [0.29, 0.717) is 0 Å². The van der Waals surface area contributed by atoms with Gasteiger partial charge in [0.1, 0.15) is 25.4 Å². The Morgan fingerprint density at radius 2 is 1.83 bits per heavy atom. The predicted octanol–water partition coefficient (Wildman–Crippen LogP) is 1.71. The van der Waals surface area contributed by atoms with Crippen molar-refractivity contribution >= 4 is 6.29 Å². The van der Waals surface area contributed by atoms with Gasteiger partial charge in [0.2, 0.25) is 0 Å². The maximum absolute atomic E-state index is 10.8. The number of nitrogens with two attached hydrogens (primary N) is 1. The van der Waals surface area contributed by atoms with E-state index in [2.05, 4.69) is 24.3 Å². The number of quaternary nitrogens is 1. The molecule has 3 nitrogen and oxygen atoms in total. The monoisotopic (exact) mass is 247 g/mol. The molecule has 0 unspecified atom stereocenters. The van der Waals surface area contributed by atoms with Gasteiger partial charge in [-0.1, -0.05) is 30.3 Å². The van der Waals surface area contributed by atoms with Crippen molar-refractivity contribution in [2.75, 3.05) is 19.6 Å². The molecule has 0 amide bonds. The maximum atomic E-state index is 10.8. The van der Waals surface area contributed by atoms with Gasteiger partial charge in [0, 0.05) is 5.56 Å². The summed E-state index contributed by atoms with van der Waals surface area (Å²) in [6.45, 7) is 4.08. The van der Waals surface area contributed by atoms with Crippen LogP contribution in [0.4, 0.5) is 0 Å². The first kappa shape index (κ1) is 13.2. The summed E-state index contributed by atoms with van der Waals surface area (Å²) in [4.78, 5) is 10.8. The second kappa shape index (κ2) is 6.12. The molecule has 0 spiro atoms. The summed E-state index contributed by atoms with van der Waals surface area (Å²) in [5.74, 6) is 0. The largest absolute Gasteiger partial charge is 0.318 e. The van der Waals surface area contributed by atoms with E-state index in [1.807, 2.05) is 6.07 Å². The standard InChI is InChI=1S/C15H23N2O/c16-15(13-18)12-17(9-5-2-6-10-17)11-14-7-3-1-4-8-14/h1,3-4,7-8,13,15H,2,5-6,9-12,16H2/q+1/t15-/m0/s1. The number of carbonyl (C=O) groups excluding carboxylic acids is 1. The molecule has 98 valence electrons. The number of nitrogens with zero attached hydrogens (tertiary/aromatic N) is 1. The highest BCUT2D eigenvalue weighted by molar-refractivity contribution is 5.57. The molecule has 1 fully saturated rings. The Balaban J connectivity index is 2.11. The number of piperidine rings is 1. The summed E-state index contributed by atoms with van der Waals surface area (Å²) >= 11 is 0. The molecule has 2 N–H and O–H groups in total. The normalized spacial score (nSPS) is 20.3. The molecule has 0 saturated carbocycles. The molecule has 1 aliphatic rings. The zero-order chi connectivity index (χ0) is 12.8. The van der Waals surface area contributed by atoms with Crippen LogP contribution >= 0.6 is 0 Å². The van der Waals surface area contributed by atoms with Crippen LogP contribution in [0.2, 0.25) is 0 Å². The summed E-state index contributed by atoms with van der Waals surface area (Å²) < 4.78 is 0.976. The van der Waals surface area contributed by atoms with Crippen LogP contribution in [0.5, 0.6) is 0 Å². The Bertz CT molecular complexity index is 371. The summed E-state index contributed by atoms with van der Waals surface area (Å²) in [7, 11) is 0. The molecule has 0 radical (unpaired) electrons. The van der Waals surface area contributed by atoms with E-state index >= 15 is 0 Å². The molecule has 0 aliphatic carbocycles. The van der Waals surface area contributed by atoms with Crippen molar-refractivity contribution in [1.82, 2.24) is 0 Å². The van der Waals surface area contributed by atoms with Crippen molar-refractivity contribution in [1.29, 1.82) is 0 Å². The average Bonchev–Trinajstić information content (AvgIpc) is 2.40. The van der Waals surface area contributed by atoms with E-state index < -0.39 is 0 Å². The van der Waals surface area contributed by atoms with Crippen LogP contribution in [-0.2, 0) is 11.3 Å². The van der Waals surface area contributed by atoms with Crippen LogP contribution in [0.15, 0.2) is 30.3 Å². The third-order valence-electron chi connectivity index (χ3n) is 3.90. The first-order chi connectivity index (χ1) is 8.74. The lowest BCUT2D eigenvalue weighted by molar-refractivity contribution is -0.945. The number of likely N-dealkylation sites (tertiary alicyclic amines) is 1. The van der Waals surface area contributed by atoms with Crippen LogP contribution in [0, 0.1) is 0 Å². The Morgan fingerprint density at radius 1 is 1.17 bits per heavy atom. The Morgan fingerprint density at radius 3 is 2.44 bits per heavy atom. The highest BCUT2D eigenvalue weighted by Gasteiger charge is 2.31. The predicted molar refractivity (Wildman–Crippen MR) is 72.9 cm³/mol. The van der Waals surface area contributed by atoms with Crippen molar-refractivity contribution in [3.8, 4) is 0 Å². The van der Waals surface area contributed by atoms with Crippen molar-refractivity contribution < 1.29 is 9.28 Å². The number of aldehydes is 1. The molecule has 1 aliphatic heterocycles. The fraction of sp³-hybridized carbons (Fsp3) is 0.533. The quantitative estimate of drug-likeness (QED) is 0.636. The van der Waals surface area contributed by atoms with Crippen LogP contribution in [0.3, 0.4) is 0 Å². The van der Waals surface area contributed by atoms with E-state index in [0.717, 1.165) is 36.9 Å². The van der Waals surface area contributed by atoms with Crippen molar-refractivity contribution in [2.24, 2.45) is 5.73 Å².